The zero-order valence-corrected chi connectivity index (χ0v) is 18.8. The van der Waals surface area contributed by atoms with E-state index in [9.17, 15) is 14.9 Å². The van der Waals surface area contributed by atoms with Gasteiger partial charge in [-0.1, -0.05) is 12.1 Å². The van der Waals surface area contributed by atoms with Gasteiger partial charge in [-0.05, 0) is 64.0 Å². The highest BCUT2D eigenvalue weighted by atomic mass is 127. The zero-order valence-electron chi connectivity index (χ0n) is 16.7. The number of carboxylic acids is 1. The van der Waals surface area contributed by atoms with E-state index in [0.717, 1.165) is 3.57 Å². The molecule has 2 aromatic carbocycles. The van der Waals surface area contributed by atoms with Gasteiger partial charge in [0.05, 0.1) is 27.4 Å². The Kier molecular flexibility index (Phi) is 7.54. The van der Waals surface area contributed by atoms with E-state index in [0.29, 0.717) is 22.6 Å². The molecule has 1 aromatic heterocycles. The summed E-state index contributed by atoms with van der Waals surface area (Å²) in [6, 6.07) is 12.8. The van der Waals surface area contributed by atoms with Crippen molar-refractivity contribution in [3.8, 4) is 11.5 Å². The smallest absolute Gasteiger partial charge is 0.335 e. The first kappa shape index (κ1) is 22.9. The lowest BCUT2D eigenvalue weighted by molar-refractivity contribution is -0.384. The van der Waals surface area contributed by atoms with Crippen LogP contribution < -0.4 is 14.9 Å². The average Bonchev–Trinajstić information content (AvgIpc) is 2.78. The standard InChI is InChI=1S/C21H17IN4O6/c1-31-18-10-14(11-24-25-20-17(26(29)30)6-3-7-23-20)9-16(22)19(18)32-12-13-4-2-5-15(8-13)21(27)28/h2-11H,12H2,1H3,(H,23,25)(H,27,28)/b24-11-. The van der Waals surface area contributed by atoms with Crippen LogP contribution in [0.5, 0.6) is 11.5 Å². The first-order chi connectivity index (χ1) is 15.4. The molecule has 2 N–H and O–H groups in total. The van der Waals surface area contributed by atoms with Crippen LogP contribution in [0.15, 0.2) is 59.8 Å². The highest BCUT2D eigenvalue weighted by molar-refractivity contribution is 14.1. The minimum Gasteiger partial charge on any atom is -0.493 e. The predicted octanol–water partition coefficient (Wildman–Crippen LogP) is 4.33. The molecule has 0 unspecified atom stereocenters. The van der Waals surface area contributed by atoms with E-state index in [2.05, 4.69) is 38.1 Å². The van der Waals surface area contributed by atoms with Crippen molar-refractivity contribution in [3.05, 3.63) is 85.1 Å². The van der Waals surface area contributed by atoms with Crippen LogP contribution in [0.2, 0.25) is 0 Å². The predicted molar refractivity (Wildman–Crippen MR) is 126 cm³/mol. The lowest BCUT2D eigenvalue weighted by Gasteiger charge is -2.14. The fourth-order valence-electron chi connectivity index (χ4n) is 2.70. The van der Waals surface area contributed by atoms with E-state index in [-0.39, 0.29) is 23.7 Å². The summed E-state index contributed by atoms with van der Waals surface area (Å²) in [6.07, 6.45) is 2.90. The van der Waals surface area contributed by atoms with E-state index in [4.69, 9.17) is 14.6 Å². The molecule has 11 heteroatoms. The number of pyridine rings is 1. The van der Waals surface area contributed by atoms with Gasteiger partial charge >= 0.3 is 11.7 Å². The highest BCUT2D eigenvalue weighted by Crippen LogP contribution is 2.34. The number of anilines is 1. The quantitative estimate of drug-likeness (QED) is 0.175. The molecule has 10 nitrogen and oxygen atoms in total. The fraction of sp³-hybridized carbons (Fsp3) is 0.0952. The first-order valence-electron chi connectivity index (χ1n) is 9.10. The molecule has 0 aliphatic carbocycles. The molecular formula is C21H17IN4O6. The number of hydrogen-bond donors (Lipinski definition) is 2. The molecule has 0 radical (unpaired) electrons. The Morgan fingerprint density at radius 3 is 2.84 bits per heavy atom. The molecule has 32 heavy (non-hydrogen) atoms. The van der Waals surface area contributed by atoms with Gasteiger partial charge in [0.2, 0.25) is 5.82 Å². The van der Waals surface area contributed by atoms with Crippen LogP contribution in [0, 0.1) is 13.7 Å². The number of nitrogens with zero attached hydrogens (tertiary/aromatic N) is 3. The minimum atomic E-state index is -1.01. The van der Waals surface area contributed by atoms with Crippen LogP contribution in [-0.4, -0.2) is 34.3 Å². The van der Waals surface area contributed by atoms with Crippen molar-refractivity contribution in [1.29, 1.82) is 0 Å². The third kappa shape index (κ3) is 5.69. The van der Waals surface area contributed by atoms with E-state index in [1.54, 1.807) is 30.3 Å². The number of halogens is 1. The number of carboxylic acid groups (broad SMARTS) is 1. The zero-order chi connectivity index (χ0) is 23.1. The molecule has 0 saturated heterocycles. The molecule has 1 heterocycles. The number of nitro groups is 1. The van der Waals surface area contributed by atoms with Crippen LogP contribution in [0.4, 0.5) is 11.5 Å². The van der Waals surface area contributed by atoms with E-state index in [1.807, 2.05) is 0 Å². The third-order valence-electron chi connectivity index (χ3n) is 4.18. The molecule has 164 valence electrons. The van der Waals surface area contributed by atoms with Gasteiger partial charge in [-0.3, -0.25) is 15.5 Å². The molecule has 0 spiro atoms. The second-order valence-electron chi connectivity index (χ2n) is 6.33. The number of aromatic carboxylic acids is 1. The molecule has 0 fully saturated rings. The van der Waals surface area contributed by atoms with Crippen molar-refractivity contribution < 1.29 is 24.3 Å². The summed E-state index contributed by atoms with van der Waals surface area (Å²) in [7, 11) is 1.50. The fourth-order valence-corrected chi connectivity index (χ4v) is 3.48. The molecular weight excluding hydrogens is 531 g/mol. The summed E-state index contributed by atoms with van der Waals surface area (Å²) in [5.41, 5.74) is 3.93. The number of benzene rings is 2. The first-order valence-corrected chi connectivity index (χ1v) is 10.2. The van der Waals surface area contributed by atoms with Gasteiger partial charge in [-0.15, -0.1) is 0 Å². The van der Waals surface area contributed by atoms with Gasteiger partial charge in [0.1, 0.15) is 6.61 Å². The molecule has 3 rings (SSSR count). The van der Waals surface area contributed by atoms with Crippen LogP contribution in [0.1, 0.15) is 21.5 Å². The van der Waals surface area contributed by atoms with E-state index >= 15 is 0 Å². The van der Waals surface area contributed by atoms with Crippen molar-refractivity contribution in [2.45, 2.75) is 6.61 Å². The Morgan fingerprint density at radius 1 is 1.31 bits per heavy atom. The number of aromatic nitrogens is 1. The molecule has 0 atom stereocenters. The summed E-state index contributed by atoms with van der Waals surface area (Å²) < 4.78 is 12.0. The Balaban J connectivity index is 1.75. The van der Waals surface area contributed by atoms with Crippen molar-refractivity contribution in [3.63, 3.8) is 0 Å². The molecule has 0 aliphatic rings. The highest BCUT2D eigenvalue weighted by Gasteiger charge is 2.14. The van der Waals surface area contributed by atoms with E-state index in [1.165, 1.54) is 37.7 Å². The van der Waals surface area contributed by atoms with Gasteiger partial charge in [0.25, 0.3) is 0 Å². The third-order valence-corrected chi connectivity index (χ3v) is 4.98. The summed E-state index contributed by atoms with van der Waals surface area (Å²) >= 11 is 2.09. The van der Waals surface area contributed by atoms with Gasteiger partial charge in [0.15, 0.2) is 11.5 Å². The molecule has 0 bridgehead atoms. The Hall–Kier alpha value is -3.74. The number of ether oxygens (including phenoxy) is 2. The van der Waals surface area contributed by atoms with Crippen LogP contribution >= 0.6 is 22.6 Å². The Bertz CT molecular complexity index is 1180. The Labute approximate surface area is 196 Å². The maximum absolute atomic E-state index is 11.1. The summed E-state index contributed by atoms with van der Waals surface area (Å²) in [4.78, 5) is 25.6. The number of methoxy groups -OCH3 is 1. The normalized spacial score (nSPS) is 10.7. The van der Waals surface area contributed by atoms with Crippen molar-refractivity contribution in [1.82, 2.24) is 4.98 Å². The number of hydrazone groups is 1. The number of nitrogens with one attached hydrogen (secondary N) is 1. The lowest BCUT2D eigenvalue weighted by Crippen LogP contribution is -2.03. The van der Waals surface area contributed by atoms with Gasteiger partial charge in [-0.25, -0.2) is 9.78 Å². The topological polar surface area (TPSA) is 136 Å². The van der Waals surface area contributed by atoms with Gasteiger partial charge < -0.3 is 14.6 Å². The number of rotatable bonds is 9. The molecule has 0 amide bonds. The largest absolute Gasteiger partial charge is 0.493 e. The summed E-state index contributed by atoms with van der Waals surface area (Å²) in [6.45, 7) is 0.159. The van der Waals surface area contributed by atoms with Crippen molar-refractivity contribution in [2.24, 2.45) is 5.10 Å². The molecule has 0 aliphatic heterocycles. The average molecular weight is 548 g/mol. The van der Waals surface area contributed by atoms with Crippen LogP contribution in [-0.2, 0) is 6.61 Å². The maximum atomic E-state index is 11.1. The SMILES string of the molecule is COc1cc(/C=N\Nc2ncccc2[N+](=O)[O-])cc(I)c1OCc1cccc(C(=O)O)c1. The minimum absolute atomic E-state index is 0.0268. The summed E-state index contributed by atoms with van der Waals surface area (Å²) in [5, 5.41) is 24.2. The second kappa shape index (κ2) is 10.5. The number of carbonyl (C=O) groups is 1. The van der Waals surface area contributed by atoms with Gasteiger partial charge in [0, 0.05) is 12.3 Å². The monoisotopic (exact) mass is 548 g/mol. The van der Waals surface area contributed by atoms with Gasteiger partial charge in [-0.2, -0.15) is 5.10 Å². The lowest BCUT2D eigenvalue weighted by atomic mass is 10.1. The Morgan fingerprint density at radius 2 is 2.12 bits per heavy atom. The molecule has 3 aromatic rings. The summed E-state index contributed by atoms with van der Waals surface area (Å²) in [5.74, 6) is -0.0258. The second-order valence-corrected chi connectivity index (χ2v) is 7.49. The number of hydrogen-bond acceptors (Lipinski definition) is 8. The van der Waals surface area contributed by atoms with Crippen LogP contribution in [0.3, 0.4) is 0 Å². The molecule has 0 saturated carbocycles. The van der Waals surface area contributed by atoms with Crippen molar-refractivity contribution >= 4 is 46.3 Å². The van der Waals surface area contributed by atoms with Crippen LogP contribution in [0.25, 0.3) is 0 Å². The van der Waals surface area contributed by atoms with E-state index < -0.39 is 10.9 Å². The maximum Gasteiger partial charge on any atom is 0.335 e. The van der Waals surface area contributed by atoms with Crippen molar-refractivity contribution in [2.75, 3.05) is 12.5 Å².